The Hall–Kier alpha value is -2.07. The molecule has 0 spiro atoms. The van der Waals surface area contributed by atoms with Gasteiger partial charge in [0, 0.05) is 21.5 Å². The Morgan fingerprint density at radius 2 is 1.76 bits per heavy atom. The van der Waals surface area contributed by atoms with Crippen LogP contribution >= 0.6 is 23.2 Å². The van der Waals surface area contributed by atoms with Crippen LogP contribution in [0.1, 0.15) is 56.7 Å². The van der Waals surface area contributed by atoms with Crippen molar-refractivity contribution < 1.29 is 35.5 Å². The van der Waals surface area contributed by atoms with Crippen LogP contribution in [0.15, 0.2) is 61.2 Å². The van der Waals surface area contributed by atoms with Crippen molar-refractivity contribution in [3.63, 3.8) is 0 Å². The lowest BCUT2D eigenvalue weighted by molar-refractivity contribution is -0.616. The number of allylic oxidation sites excluding steroid dienone is 1. The Kier molecular flexibility index (Phi) is 9.29. The predicted octanol–water partition coefficient (Wildman–Crippen LogP) is 7.66. The topological polar surface area (TPSA) is 66.6 Å². The van der Waals surface area contributed by atoms with Crippen molar-refractivity contribution in [2.75, 3.05) is 6.61 Å². The van der Waals surface area contributed by atoms with Crippen molar-refractivity contribution in [3.8, 4) is 0 Å². The van der Waals surface area contributed by atoms with Gasteiger partial charge in [-0.05, 0) is 49.6 Å². The summed E-state index contributed by atoms with van der Waals surface area (Å²) < 4.78 is 66.5. The third kappa shape index (κ3) is 6.55. The zero-order valence-corrected chi connectivity index (χ0v) is 23.6. The molecule has 1 N–H and O–H groups in total. The summed E-state index contributed by atoms with van der Waals surface area (Å²) in [5, 5.41) is 1.54. The molecule has 0 radical (unpaired) electrons. The fourth-order valence-corrected chi connectivity index (χ4v) is 5.58. The number of halogens is 5. The first-order chi connectivity index (χ1) is 17.6. The van der Waals surface area contributed by atoms with Gasteiger partial charge in [0.05, 0.1) is 11.3 Å². The molecule has 2 aromatic rings. The van der Waals surface area contributed by atoms with E-state index in [-0.39, 0.29) is 17.4 Å². The van der Waals surface area contributed by atoms with Crippen LogP contribution in [-0.2, 0) is 14.9 Å². The van der Waals surface area contributed by atoms with E-state index in [1.807, 2.05) is 24.3 Å². The molecule has 0 fully saturated rings. The number of hydrogen-bond acceptors (Lipinski definition) is 3. The number of hydrogen-bond donors (Lipinski definition) is 1. The smallest absolute Gasteiger partial charge is 0.441 e. The molecule has 208 valence electrons. The second-order valence-corrected chi connectivity index (χ2v) is 12.5. The molecule has 4 rings (SSSR count). The Morgan fingerprint density at radius 3 is 2.26 bits per heavy atom. The number of alkyl halides is 3. The first kappa shape index (κ1) is 30.5. The fourth-order valence-electron chi connectivity index (χ4n) is 5.26. The molecule has 4 atom stereocenters. The third-order valence-electron chi connectivity index (χ3n) is 7.00. The van der Waals surface area contributed by atoms with Crippen LogP contribution in [0.2, 0.25) is 10.0 Å². The van der Waals surface area contributed by atoms with Crippen molar-refractivity contribution in [1.29, 1.82) is 0 Å². The van der Waals surface area contributed by atoms with Crippen LogP contribution in [0.3, 0.4) is 0 Å². The SMILES string of the molecule is C=CC[C@@]1(C)C[C@H](c2cccc(Cl)c2)[C@@H](c2ccc(Cl)cc2)[N+]2=C1OC[C@@H]2C(C)C.O=S(=O)(O)C(F)(F)F. The largest absolute Gasteiger partial charge is 0.522 e. The third-order valence-corrected chi connectivity index (χ3v) is 8.07. The van der Waals surface area contributed by atoms with Crippen molar-refractivity contribution in [2.45, 2.75) is 57.1 Å². The van der Waals surface area contributed by atoms with Crippen molar-refractivity contribution in [2.24, 2.45) is 11.3 Å². The Bertz CT molecular complexity index is 1300. The van der Waals surface area contributed by atoms with E-state index in [0.717, 1.165) is 35.4 Å². The van der Waals surface area contributed by atoms with Gasteiger partial charge in [-0.3, -0.25) is 4.55 Å². The van der Waals surface area contributed by atoms with Gasteiger partial charge in [0.2, 0.25) is 0 Å². The summed E-state index contributed by atoms with van der Waals surface area (Å²) in [6, 6.07) is 17.1. The first-order valence-corrected chi connectivity index (χ1v) is 14.2. The quantitative estimate of drug-likeness (QED) is 0.167. The minimum atomic E-state index is -5.84. The van der Waals surface area contributed by atoms with Gasteiger partial charge in [-0.2, -0.15) is 26.2 Å². The normalized spacial score (nSPS) is 25.4. The maximum absolute atomic E-state index is 10.7. The summed E-state index contributed by atoms with van der Waals surface area (Å²) in [4.78, 5) is 0. The molecule has 0 aliphatic carbocycles. The van der Waals surface area contributed by atoms with Gasteiger partial charge >= 0.3 is 21.5 Å². The monoisotopic (exact) mass is 592 g/mol. The summed E-state index contributed by atoms with van der Waals surface area (Å²) in [6.07, 6.45) is 3.88. The van der Waals surface area contributed by atoms with E-state index < -0.39 is 15.6 Å². The van der Waals surface area contributed by atoms with E-state index in [2.05, 4.69) is 62.3 Å². The Balaban J connectivity index is 0.000000436. The van der Waals surface area contributed by atoms with Crippen LogP contribution in [-0.4, -0.2) is 41.6 Å². The van der Waals surface area contributed by atoms with Crippen LogP contribution in [0.25, 0.3) is 0 Å². The van der Waals surface area contributed by atoms with Crippen molar-refractivity contribution >= 4 is 39.2 Å². The lowest BCUT2D eigenvalue weighted by atomic mass is 9.69. The van der Waals surface area contributed by atoms with Crippen LogP contribution in [0.4, 0.5) is 13.2 Å². The lowest BCUT2D eigenvalue weighted by Crippen LogP contribution is -2.46. The minimum absolute atomic E-state index is 0.0959. The summed E-state index contributed by atoms with van der Waals surface area (Å²) >= 11 is 12.7. The molecular formula is C27H31Cl2F3NO4S+. The molecule has 0 amide bonds. The number of nitrogens with zero attached hydrogens (tertiary/aromatic N) is 1. The van der Waals surface area contributed by atoms with E-state index in [9.17, 15) is 13.2 Å². The average Bonchev–Trinajstić information content (AvgIpc) is 3.26. The van der Waals surface area contributed by atoms with Gasteiger partial charge in [0.15, 0.2) is 18.7 Å². The maximum atomic E-state index is 10.7. The van der Waals surface area contributed by atoms with Gasteiger partial charge < -0.3 is 4.74 Å². The average molecular weight is 594 g/mol. The number of benzene rings is 2. The van der Waals surface area contributed by atoms with E-state index in [4.69, 9.17) is 40.9 Å². The van der Waals surface area contributed by atoms with Gasteiger partial charge in [-0.25, -0.2) is 0 Å². The number of rotatable bonds is 5. The highest BCUT2D eigenvalue weighted by molar-refractivity contribution is 7.86. The zero-order valence-electron chi connectivity index (χ0n) is 21.3. The first-order valence-electron chi connectivity index (χ1n) is 12.0. The summed E-state index contributed by atoms with van der Waals surface area (Å²) in [6.45, 7) is 11.6. The van der Waals surface area contributed by atoms with Gasteiger partial charge in [0.25, 0.3) is 0 Å². The molecule has 0 unspecified atom stereocenters. The molecular weight excluding hydrogens is 562 g/mol. The Morgan fingerprint density at radius 1 is 1.16 bits per heavy atom. The van der Waals surface area contributed by atoms with E-state index in [1.165, 1.54) is 11.1 Å². The molecule has 2 heterocycles. The van der Waals surface area contributed by atoms with Crippen LogP contribution in [0.5, 0.6) is 0 Å². The fraction of sp³-hybridized carbons (Fsp3) is 0.444. The molecule has 11 heteroatoms. The summed E-state index contributed by atoms with van der Waals surface area (Å²) in [5.74, 6) is 1.87. The highest BCUT2D eigenvalue weighted by atomic mass is 35.5. The second-order valence-electron chi connectivity index (χ2n) is 10.2. The van der Waals surface area contributed by atoms with Crippen molar-refractivity contribution in [3.05, 3.63) is 82.4 Å². The van der Waals surface area contributed by atoms with Gasteiger partial charge in [-0.15, -0.1) is 6.58 Å². The van der Waals surface area contributed by atoms with E-state index in [1.54, 1.807) is 0 Å². The maximum Gasteiger partial charge on any atom is 0.522 e. The van der Waals surface area contributed by atoms with Crippen LogP contribution in [0, 0.1) is 11.3 Å². The number of ether oxygens (including phenoxy) is 1. The second kappa shape index (κ2) is 11.6. The van der Waals surface area contributed by atoms with Crippen molar-refractivity contribution in [1.82, 2.24) is 0 Å². The van der Waals surface area contributed by atoms with E-state index in [0.29, 0.717) is 12.0 Å². The van der Waals surface area contributed by atoms with E-state index >= 15 is 0 Å². The molecule has 38 heavy (non-hydrogen) atoms. The predicted molar refractivity (Wildman–Crippen MR) is 143 cm³/mol. The molecule has 0 bridgehead atoms. The minimum Gasteiger partial charge on any atom is -0.441 e. The zero-order chi connectivity index (χ0) is 28.5. The van der Waals surface area contributed by atoms with Gasteiger partial charge in [-0.1, -0.05) is 67.4 Å². The summed E-state index contributed by atoms with van der Waals surface area (Å²) in [5.41, 5.74) is -3.10. The lowest BCUT2D eigenvalue weighted by Gasteiger charge is -2.39. The van der Waals surface area contributed by atoms with Gasteiger partial charge in [0.1, 0.15) is 0 Å². The summed E-state index contributed by atoms with van der Waals surface area (Å²) in [7, 11) is -5.84. The molecule has 0 saturated heterocycles. The van der Waals surface area contributed by atoms with Crippen LogP contribution < -0.4 is 0 Å². The molecule has 2 aliphatic rings. The molecule has 2 aromatic carbocycles. The standard InChI is InChI=1S/C26H30Cl2NO.CHF3O3S/c1-5-13-26(4)15-22(19-7-6-8-21(28)14-19)24(18-9-11-20(27)12-10-18)29-23(17(2)3)16-30-25(26)29;2-1(3,4)8(5,6)7/h5-12,14,17,22-24H,1,13,15-16H2,2-4H3;(H,5,6,7)/q+1;/t22-,23-,24-,26+;/m1./s1. The molecule has 0 aromatic heterocycles. The Labute approximate surface area is 231 Å². The highest BCUT2D eigenvalue weighted by Crippen LogP contribution is 2.51. The molecule has 2 aliphatic heterocycles. The molecule has 0 saturated carbocycles. The highest BCUT2D eigenvalue weighted by Gasteiger charge is 2.57. The molecule has 5 nitrogen and oxygen atoms in total.